The van der Waals surface area contributed by atoms with Crippen LogP contribution in [0.1, 0.15) is 18.4 Å². The molecule has 1 atom stereocenters. The first-order chi connectivity index (χ1) is 11.4. The molecule has 1 aromatic carbocycles. The molecule has 2 heterocycles. The first-order valence-electron chi connectivity index (χ1n) is 7.59. The van der Waals surface area contributed by atoms with Crippen molar-refractivity contribution in [1.29, 1.82) is 0 Å². The van der Waals surface area contributed by atoms with E-state index in [9.17, 15) is 9.59 Å². The Morgan fingerprint density at radius 2 is 2.00 bits per heavy atom. The minimum Gasteiger partial charge on any atom is -0.441 e. The van der Waals surface area contributed by atoms with E-state index in [2.05, 4.69) is 10.3 Å². The van der Waals surface area contributed by atoms with E-state index in [1.807, 2.05) is 30.3 Å². The molecule has 7 nitrogen and oxygen atoms in total. The van der Waals surface area contributed by atoms with Gasteiger partial charge in [-0.3, -0.25) is 9.69 Å². The van der Waals surface area contributed by atoms with Crippen molar-refractivity contribution in [2.45, 2.75) is 25.9 Å². The summed E-state index contributed by atoms with van der Waals surface area (Å²) >= 11 is 0. The van der Waals surface area contributed by atoms with Gasteiger partial charge >= 0.3 is 6.03 Å². The van der Waals surface area contributed by atoms with E-state index in [1.54, 1.807) is 13.8 Å². The molecule has 24 heavy (non-hydrogen) atoms. The number of amides is 3. The van der Waals surface area contributed by atoms with Gasteiger partial charge in [0.2, 0.25) is 5.89 Å². The zero-order chi connectivity index (χ0) is 17.3. The molecule has 1 N–H and O–H groups in total. The van der Waals surface area contributed by atoms with Crippen LogP contribution >= 0.6 is 0 Å². The number of aryl methyl sites for hydroxylation is 1. The summed E-state index contributed by atoms with van der Waals surface area (Å²) in [4.78, 5) is 30.2. The molecule has 1 saturated heterocycles. The van der Waals surface area contributed by atoms with Gasteiger partial charge in [-0.25, -0.2) is 9.78 Å². The Labute approximate surface area is 139 Å². The molecular formula is C17H19N3O4. The number of benzene rings is 1. The number of carbonyl (C=O) groups excluding carboxylic acids is 2. The van der Waals surface area contributed by atoms with E-state index in [1.165, 1.54) is 7.11 Å². The summed E-state index contributed by atoms with van der Waals surface area (Å²) in [6.07, 6.45) is 0. The zero-order valence-corrected chi connectivity index (χ0v) is 13.8. The number of nitrogens with zero attached hydrogens (tertiary/aromatic N) is 2. The Hall–Kier alpha value is -2.67. The maximum absolute atomic E-state index is 12.5. The van der Waals surface area contributed by atoms with Crippen molar-refractivity contribution >= 4 is 11.9 Å². The molecule has 0 spiro atoms. The predicted molar refractivity (Wildman–Crippen MR) is 86.0 cm³/mol. The molecule has 126 valence electrons. The molecule has 3 amide bonds. The van der Waals surface area contributed by atoms with Gasteiger partial charge in [0.25, 0.3) is 5.91 Å². The van der Waals surface area contributed by atoms with Gasteiger partial charge in [0.1, 0.15) is 17.0 Å². The first-order valence-corrected chi connectivity index (χ1v) is 7.59. The number of carbonyl (C=O) groups is 2. The highest BCUT2D eigenvalue weighted by Gasteiger charge is 2.48. The standard InChI is InChI=1S/C17H19N3O4/c1-11-13(18-14(24-11)12-7-5-4-6-8-12)9-20-15(21)17(2,10-23-3)19-16(20)22/h4-8H,9-10H2,1-3H3,(H,19,22)/t17-/m0/s1. The Morgan fingerprint density at radius 1 is 1.29 bits per heavy atom. The molecule has 2 aromatic rings. The third-order valence-electron chi connectivity index (χ3n) is 4.00. The molecule has 0 aliphatic carbocycles. The van der Waals surface area contributed by atoms with Crippen LogP contribution in [0, 0.1) is 6.92 Å². The number of hydrogen-bond donors (Lipinski definition) is 1. The lowest BCUT2D eigenvalue weighted by molar-refractivity contribution is -0.132. The van der Waals surface area contributed by atoms with E-state index in [0.717, 1.165) is 10.5 Å². The van der Waals surface area contributed by atoms with Crippen LogP contribution in [0.15, 0.2) is 34.7 Å². The van der Waals surface area contributed by atoms with E-state index in [0.29, 0.717) is 17.3 Å². The fourth-order valence-corrected chi connectivity index (χ4v) is 2.71. The van der Waals surface area contributed by atoms with Gasteiger partial charge in [0, 0.05) is 12.7 Å². The maximum Gasteiger partial charge on any atom is 0.325 e. The molecule has 1 aromatic heterocycles. The highest BCUT2D eigenvalue weighted by Crippen LogP contribution is 2.25. The third kappa shape index (κ3) is 2.78. The Kier molecular flexibility index (Phi) is 4.11. The smallest absolute Gasteiger partial charge is 0.325 e. The largest absolute Gasteiger partial charge is 0.441 e. The van der Waals surface area contributed by atoms with Crippen molar-refractivity contribution < 1.29 is 18.7 Å². The third-order valence-corrected chi connectivity index (χ3v) is 4.00. The quantitative estimate of drug-likeness (QED) is 0.849. The van der Waals surface area contributed by atoms with Crippen LogP contribution < -0.4 is 5.32 Å². The SMILES string of the molecule is COC[C@]1(C)NC(=O)N(Cc2nc(-c3ccccc3)oc2C)C1=O. The lowest BCUT2D eigenvalue weighted by Gasteiger charge is -2.20. The van der Waals surface area contributed by atoms with Crippen molar-refractivity contribution in [2.75, 3.05) is 13.7 Å². The molecule has 0 saturated carbocycles. The summed E-state index contributed by atoms with van der Waals surface area (Å²) in [5.41, 5.74) is 0.346. The fraction of sp³-hybridized carbons (Fsp3) is 0.353. The topological polar surface area (TPSA) is 84.7 Å². The number of aromatic nitrogens is 1. The lowest BCUT2D eigenvalue weighted by atomic mass is 10.0. The van der Waals surface area contributed by atoms with Gasteiger partial charge in [0.05, 0.1) is 13.2 Å². The summed E-state index contributed by atoms with van der Waals surface area (Å²) in [6, 6.07) is 9.01. The van der Waals surface area contributed by atoms with Crippen LogP contribution in [0.2, 0.25) is 0 Å². The normalized spacial score (nSPS) is 20.5. The number of imide groups is 1. The number of oxazole rings is 1. The molecule has 7 heteroatoms. The Bertz CT molecular complexity index is 771. The number of urea groups is 1. The molecule has 1 aliphatic rings. The highest BCUT2D eigenvalue weighted by atomic mass is 16.5. The second kappa shape index (κ2) is 6.09. The zero-order valence-electron chi connectivity index (χ0n) is 13.8. The monoisotopic (exact) mass is 329 g/mol. The van der Waals surface area contributed by atoms with E-state index in [-0.39, 0.29) is 19.1 Å². The summed E-state index contributed by atoms with van der Waals surface area (Å²) in [6.45, 7) is 3.58. The fourth-order valence-electron chi connectivity index (χ4n) is 2.71. The summed E-state index contributed by atoms with van der Waals surface area (Å²) < 4.78 is 10.7. The average Bonchev–Trinajstić information content (AvgIpc) is 3.02. The van der Waals surface area contributed by atoms with Gasteiger partial charge in [-0.15, -0.1) is 0 Å². The molecule has 3 rings (SSSR count). The minimum absolute atomic E-state index is 0.0616. The van der Waals surface area contributed by atoms with Crippen molar-refractivity contribution in [1.82, 2.24) is 15.2 Å². The highest BCUT2D eigenvalue weighted by molar-refractivity contribution is 6.06. The Morgan fingerprint density at radius 3 is 2.67 bits per heavy atom. The van der Waals surface area contributed by atoms with Gasteiger partial charge in [0.15, 0.2) is 0 Å². The molecular weight excluding hydrogens is 310 g/mol. The van der Waals surface area contributed by atoms with Crippen LogP contribution in [0.5, 0.6) is 0 Å². The number of rotatable bonds is 5. The second-order valence-electron chi connectivity index (χ2n) is 5.97. The summed E-state index contributed by atoms with van der Waals surface area (Å²) in [7, 11) is 1.49. The summed E-state index contributed by atoms with van der Waals surface area (Å²) in [5, 5.41) is 2.66. The van der Waals surface area contributed by atoms with Gasteiger partial charge in [-0.05, 0) is 26.0 Å². The van der Waals surface area contributed by atoms with E-state index >= 15 is 0 Å². The van der Waals surface area contributed by atoms with Crippen LogP contribution in [0.25, 0.3) is 11.5 Å². The molecule has 0 bridgehead atoms. The van der Waals surface area contributed by atoms with Crippen LogP contribution in [0.4, 0.5) is 4.79 Å². The number of nitrogens with one attached hydrogen (secondary N) is 1. The molecule has 1 aliphatic heterocycles. The van der Waals surface area contributed by atoms with Crippen molar-refractivity contribution in [3.05, 3.63) is 41.8 Å². The van der Waals surface area contributed by atoms with Gasteiger partial charge < -0.3 is 14.5 Å². The van der Waals surface area contributed by atoms with Crippen molar-refractivity contribution in [3.63, 3.8) is 0 Å². The predicted octanol–water partition coefficient (Wildman–Crippen LogP) is 2.11. The first kappa shape index (κ1) is 16.2. The van der Waals surface area contributed by atoms with Crippen molar-refractivity contribution in [2.24, 2.45) is 0 Å². The lowest BCUT2D eigenvalue weighted by Crippen LogP contribution is -2.47. The molecule has 0 unspecified atom stereocenters. The molecule has 1 fully saturated rings. The second-order valence-corrected chi connectivity index (χ2v) is 5.97. The van der Waals surface area contributed by atoms with Crippen LogP contribution in [-0.2, 0) is 16.1 Å². The Balaban J connectivity index is 1.83. The van der Waals surface area contributed by atoms with Crippen molar-refractivity contribution in [3.8, 4) is 11.5 Å². The average molecular weight is 329 g/mol. The van der Waals surface area contributed by atoms with Crippen LogP contribution in [-0.4, -0.2) is 41.1 Å². The minimum atomic E-state index is -1.05. The maximum atomic E-state index is 12.5. The van der Waals surface area contributed by atoms with E-state index in [4.69, 9.17) is 9.15 Å². The number of ether oxygens (including phenoxy) is 1. The van der Waals surface area contributed by atoms with E-state index < -0.39 is 11.6 Å². The number of methoxy groups -OCH3 is 1. The molecule has 0 radical (unpaired) electrons. The summed E-state index contributed by atoms with van der Waals surface area (Å²) in [5.74, 6) is 0.711. The number of hydrogen-bond acceptors (Lipinski definition) is 5. The van der Waals surface area contributed by atoms with Gasteiger partial charge in [-0.1, -0.05) is 18.2 Å². The van der Waals surface area contributed by atoms with Gasteiger partial charge in [-0.2, -0.15) is 0 Å². The van der Waals surface area contributed by atoms with Crippen LogP contribution in [0.3, 0.4) is 0 Å².